The first-order chi connectivity index (χ1) is 11.0. The highest BCUT2D eigenvalue weighted by Crippen LogP contribution is 2.27. The molecule has 1 aromatic carbocycles. The number of aryl methyl sites for hydroxylation is 1. The Morgan fingerprint density at radius 3 is 2.70 bits per heavy atom. The normalized spacial score (nSPS) is 15.8. The van der Waals surface area contributed by atoms with Gasteiger partial charge in [0, 0.05) is 39.8 Å². The summed E-state index contributed by atoms with van der Waals surface area (Å²) in [5, 5.41) is 20.6. The summed E-state index contributed by atoms with van der Waals surface area (Å²) in [5.74, 6) is 0.743. The summed E-state index contributed by atoms with van der Waals surface area (Å²) in [6.45, 7) is 3.78. The molecule has 0 radical (unpaired) electrons. The maximum absolute atomic E-state index is 11.1. The molecule has 1 fully saturated rings. The molecule has 2 aromatic rings. The van der Waals surface area contributed by atoms with Gasteiger partial charge in [0.05, 0.1) is 0 Å². The van der Waals surface area contributed by atoms with Crippen LogP contribution in [0.1, 0.15) is 5.56 Å². The molecule has 0 spiro atoms. The summed E-state index contributed by atoms with van der Waals surface area (Å²) in [6.07, 6.45) is 1.48. The zero-order chi connectivity index (χ0) is 16.4. The van der Waals surface area contributed by atoms with Gasteiger partial charge in [-0.3, -0.25) is 9.47 Å². The van der Waals surface area contributed by atoms with Crippen LogP contribution < -0.4 is 4.90 Å². The van der Waals surface area contributed by atoms with Crippen molar-refractivity contribution in [3.05, 3.63) is 46.3 Å². The molecule has 0 saturated carbocycles. The number of hydrogen-bond donors (Lipinski definition) is 1. The Balaban J connectivity index is 1.65. The van der Waals surface area contributed by atoms with Crippen molar-refractivity contribution in [2.24, 2.45) is 7.05 Å². The van der Waals surface area contributed by atoms with Crippen LogP contribution in [0, 0.1) is 10.1 Å². The van der Waals surface area contributed by atoms with E-state index in [1.807, 2.05) is 17.0 Å². The fourth-order valence-corrected chi connectivity index (χ4v) is 2.94. The summed E-state index contributed by atoms with van der Waals surface area (Å²) in [4.78, 5) is 18.8. The Kier molecular flexibility index (Phi) is 4.16. The molecule has 0 atom stereocenters. The Hall–Kier alpha value is -2.61. The molecule has 0 unspecified atom stereocenters. The SMILES string of the molecule is Cn1cnc([N+](=O)[O-])c1N1CCN(Cc2cccc(O)c2)CC1. The van der Waals surface area contributed by atoms with Crippen LogP contribution in [0.3, 0.4) is 0 Å². The zero-order valence-corrected chi connectivity index (χ0v) is 12.9. The van der Waals surface area contributed by atoms with Crippen molar-refractivity contribution in [3.8, 4) is 5.75 Å². The van der Waals surface area contributed by atoms with Crippen LogP contribution in [0.4, 0.5) is 11.6 Å². The van der Waals surface area contributed by atoms with Crippen molar-refractivity contribution in [1.29, 1.82) is 0 Å². The van der Waals surface area contributed by atoms with Crippen molar-refractivity contribution < 1.29 is 10.0 Å². The van der Waals surface area contributed by atoms with Crippen LogP contribution in [0.5, 0.6) is 5.75 Å². The molecule has 8 nitrogen and oxygen atoms in total. The highest BCUT2D eigenvalue weighted by atomic mass is 16.6. The monoisotopic (exact) mass is 317 g/mol. The molecule has 1 saturated heterocycles. The van der Waals surface area contributed by atoms with Gasteiger partial charge >= 0.3 is 5.82 Å². The van der Waals surface area contributed by atoms with Gasteiger partial charge in [-0.15, -0.1) is 0 Å². The smallest absolute Gasteiger partial charge is 0.406 e. The second kappa shape index (κ2) is 6.25. The van der Waals surface area contributed by atoms with E-state index in [2.05, 4.69) is 9.88 Å². The van der Waals surface area contributed by atoms with Gasteiger partial charge < -0.3 is 20.1 Å². The number of nitrogens with zero attached hydrogens (tertiary/aromatic N) is 5. The predicted octanol–water partition coefficient (Wildman–Crippen LogP) is 1.36. The number of piperazine rings is 1. The van der Waals surface area contributed by atoms with Crippen molar-refractivity contribution in [2.45, 2.75) is 6.54 Å². The molecule has 0 bridgehead atoms. The second-order valence-electron chi connectivity index (χ2n) is 5.69. The Morgan fingerprint density at radius 2 is 2.04 bits per heavy atom. The molecule has 0 amide bonds. The number of nitro groups is 1. The van der Waals surface area contributed by atoms with Gasteiger partial charge in [-0.05, 0) is 27.6 Å². The molecule has 1 aliphatic heterocycles. The van der Waals surface area contributed by atoms with E-state index in [1.165, 1.54) is 6.33 Å². The maximum atomic E-state index is 11.1. The highest BCUT2D eigenvalue weighted by Gasteiger charge is 2.28. The van der Waals surface area contributed by atoms with Crippen LogP contribution >= 0.6 is 0 Å². The molecule has 8 heteroatoms. The lowest BCUT2D eigenvalue weighted by Gasteiger charge is -2.35. The number of aromatic hydroxyl groups is 1. The van der Waals surface area contributed by atoms with E-state index < -0.39 is 4.92 Å². The minimum absolute atomic E-state index is 0.0890. The van der Waals surface area contributed by atoms with E-state index in [0.29, 0.717) is 18.9 Å². The number of imidazole rings is 1. The van der Waals surface area contributed by atoms with Crippen LogP contribution in [0.2, 0.25) is 0 Å². The average molecular weight is 317 g/mol. The van der Waals surface area contributed by atoms with Crippen LogP contribution in [-0.2, 0) is 13.6 Å². The van der Waals surface area contributed by atoms with Gasteiger partial charge in [-0.25, -0.2) is 0 Å². The number of rotatable bonds is 4. The van der Waals surface area contributed by atoms with E-state index in [9.17, 15) is 15.2 Å². The number of phenols is 1. The number of benzene rings is 1. The number of hydrogen-bond acceptors (Lipinski definition) is 6. The number of phenolic OH excluding ortho intramolecular Hbond substituents is 1. The molecular formula is C15H19N5O3. The third-order valence-corrected chi connectivity index (χ3v) is 4.05. The van der Waals surface area contributed by atoms with Gasteiger partial charge in [0.2, 0.25) is 12.1 Å². The van der Waals surface area contributed by atoms with Crippen molar-refractivity contribution in [3.63, 3.8) is 0 Å². The first-order valence-electron chi connectivity index (χ1n) is 7.45. The van der Waals surface area contributed by atoms with Gasteiger partial charge in [0.15, 0.2) is 0 Å². The lowest BCUT2D eigenvalue weighted by Crippen LogP contribution is -2.46. The molecule has 1 N–H and O–H groups in total. The Bertz CT molecular complexity index is 707. The first-order valence-corrected chi connectivity index (χ1v) is 7.45. The Morgan fingerprint density at radius 1 is 1.30 bits per heavy atom. The third kappa shape index (κ3) is 3.26. The number of aromatic nitrogens is 2. The molecule has 2 heterocycles. The summed E-state index contributed by atoms with van der Waals surface area (Å²) < 4.78 is 1.70. The van der Waals surface area contributed by atoms with Crippen molar-refractivity contribution in [1.82, 2.24) is 14.5 Å². The summed E-state index contributed by atoms with van der Waals surface area (Å²) >= 11 is 0. The molecule has 1 aliphatic rings. The molecule has 3 rings (SSSR count). The van der Waals surface area contributed by atoms with Crippen LogP contribution in [-0.4, -0.2) is 50.7 Å². The van der Waals surface area contributed by atoms with Crippen LogP contribution in [0.15, 0.2) is 30.6 Å². The highest BCUT2D eigenvalue weighted by molar-refractivity contribution is 5.54. The third-order valence-electron chi connectivity index (χ3n) is 4.05. The molecule has 0 aliphatic carbocycles. The van der Waals surface area contributed by atoms with E-state index >= 15 is 0 Å². The Labute approximate surface area is 133 Å². The first kappa shape index (κ1) is 15.3. The molecule has 122 valence electrons. The van der Waals surface area contributed by atoms with Gasteiger partial charge in [0.25, 0.3) is 0 Å². The van der Waals surface area contributed by atoms with Gasteiger partial charge in [-0.1, -0.05) is 12.1 Å². The zero-order valence-electron chi connectivity index (χ0n) is 12.9. The largest absolute Gasteiger partial charge is 0.508 e. The quantitative estimate of drug-likeness (QED) is 0.676. The molecular weight excluding hydrogens is 298 g/mol. The average Bonchev–Trinajstić information content (AvgIpc) is 2.90. The lowest BCUT2D eigenvalue weighted by molar-refractivity contribution is -0.388. The van der Waals surface area contributed by atoms with E-state index in [0.717, 1.165) is 25.2 Å². The lowest BCUT2D eigenvalue weighted by atomic mass is 10.2. The summed E-state index contributed by atoms with van der Waals surface area (Å²) in [6, 6.07) is 7.24. The minimum Gasteiger partial charge on any atom is -0.508 e. The maximum Gasteiger partial charge on any atom is 0.406 e. The van der Waals surface area contributed by atoms with Crippen molar-refractivity contribution >= 4 is 11.6 Å². The predicted molar refractivity (Wildman–Crippen MR) is 85.5 cm³/mol. The second-order valence-corrected chi connectivity index (χ2v) is 5.69. The van der Waals surface area contributed by atoms with E-state index in [-0.39, 0.29) is 11.6 Å². The summed E-state index contributed by atoms with van der Waals surface area (Å²) in [7, 11) is 1.77. The fourth-order valence-electron chi connectivity index (χ4n) is 2.94. The van der Waals surface area contributed by atoms with E-state index in [4.69, 9.17) is 0 Å². The van der Waals surface area contributed by atoms with Crippen molar-refractivity contribution in [2.75, 3.05) is 31.1 Å². The van der Waals surface area contributed by atoms with E-state index in [1.54, 1.807) is 23.7 Å². The van der Waals surface area contributed by atoms with Gasteiger partial charge in [0.1, 0.15) is 5.75 Å². The summed E-state index contributed by atoms with van der Waals surface area (Å²) in [5.41, 5.74) is 1.06. The number of anilines is 1. The standard InChI is InChI=1S/C15H19N5O3/c1-17-11-16-14(20(22)23)15(17)19-7-5-18(6-8-19)10-12-3-2-4-13(21)9-12/h2-4,9,11,21H,5-8,10H2,1H3. The van der Waals surface area contributed by atoms with Gasteiger partial charge in [-0.2, -0.15) is 0 Å². The fraction of sp³-hybridized carbons (Fsp3) is 0.400. The minimum atomic E-state index is -0.436. The molecule has 23 heavy (non-hydrogen) atoms. The molecule has 1 aromatic heterocycles. The topological polar surface area (TPSA) is 87.7 Å². The van der Waals surface area contributed by atoms with Crippen LogP contribution in [0.25, 0.3) is 0 Å².